The lowest BCUT2D eigenvalue weighted by atomic mass is 9.88. The van der Waals surface area contributed by atoms with E-state index in [1.165, 1.54) is 180 Å². The van der Waals surface area contributed by atoms with Crippen LogP contribution in [0.2, 0.25) is 0 Å². The molecule has 312 valence electrons. The normalized spacial score (nSPS) is 12.9. The highest BCUT2D eigenvalue weighted by Gasteiger charge is 2.25. The van der Waals surface area contributed by atoms with Crippen molar-refractivity contribution in [2.24, 2.45) is 11.8 Å². The van der Waals surface area contributed by atoms with Crippen LogP contribution in [-0.4, -0.2) is 41.8 Å². The summed E-state index contributed by atoms with van der Waals surface area (Å²) in [5.41, 5.74) is 0. The molecule has 0 fully saturated rings. The largest absolute Gasteiger partial charge is 0.508 e. The van der Waals surface area contributed by atoms with Gasteiger partial charge in [-0.3, -0.25) is 0 Å². The third kappa shape index (κ3) is 34.9. The van der Waals surface area contributed by atoms with Gasteiger partial charge in [-0.05, 0) is 63.2 Å². The second-order valence-corrected chi connectivity index (χ2v) is 16.6. The molecule has 0 saturated heterocycles. The van der Waals surface area contributed by atoms with Crippen LogP contribution in [-0.2, 0) is 9.47 Å². The third-order valence-corrected chi connectivity index (χ3v) is 11.5. The molecule has 0 aliphatic carbocycles. The second-order valence-electron chi connectivity index (χ2n) is 16.6. The fourth-order valence-corrected chi connectivity index (χ4v) is 8.07. The molecule has 0 amide bonds. The topological polar surface area (TPSA) is 76.0 Å². The molecule has 2 atom stereocenters. The van der Waals surface area contributed by atoms with E-state index < -0.39 is 6.16 Å². The third-order valence-electron chi connectivity index (χ3n) is 11.5. The molecule has 0 aromatic heterocycles. The van der Waals surface area contributed by atoms with Crippen LogP contribution < -0.4 is 0 Å². The summed E-state index contributed by atoms with van der Waals surface area (Å²) in [6.07, 6.45) is 42.2. The average Bonchev–Trinajstić information content (AvgIpc) is 3.13. The van der Waals surface area contributed by atoms with Gasteiger partial charge < -0.3 is 19.7 Å². The fourth-order valence-electron chi connectivity index (χ4n) is 8.07. The van der Waals surface area contributed by atoms with Crippen molar-refractivity contribution in [1.82, 2.24) is 0 Å². The summed E-state index contributed by atoms with van der Waals surface area (Å²) in [7, 11) is 0. The van der Waals surface area contributed by atoms with Crippen molar-refractivity contribution in [1.29, 1.82) is 0 Å². The van der Waals surface area contributed by atoms with Crippen molar-refractivity contribution in [3.05, 3.63) is 0 Å². The van der Waals surface area contributed by atoms with Crippen molar-refractivity contribution in [3.8, 4) is 0 Å². The average molecular weight is 739 g/mol. The van der Waals surface area contributed by atoms with Crippen LogP contribution in [0.25, 0.3) is 0 Å². The van der Waals surface area contributed by atoms with E-state index in [1.54, 1.807) is 0 Å². The summed E-state index contributed by atoms with van der Waals surface area (Å²) >= 11 is 0. The van der Waals surface area contributed by atoms with Crippen molar-refractivity contribution < 1.29 is 24.5 Å². The highest BCUT2D eigenvalue weighted by molar-refractivity contribution is 5.60. The van der Waals surface area contributed by atoms with Gasteiger partial charge in [-0.1, -0.05) is 207 Å². The zero-order valence-corrected chi connectivity index (χ0v) is 35.8. The number of aliphatic hydroxyl groups is 2. The molecule has 0 radical (unpaired) electrons. The molecule has 0 aromatic rings. The van der Waals surface area contributed by atoms with Crippen molar-refractivity contribution >= 4 is 6.16 Å². The summed E-state index contributed by atoms with van der Waals surface area (Å²) in [5, 5.41) is 19.1. The Morgan fingerprint density at radius 2 is 0.615 bits per heavy atom. The number of carbonyl (C=O) groups excluding carboxylic acids is 1. The van der Waals surface area contributed by atoms with Crippen molar-refractivity contribution in [2.45, 2.75) is 271 Å². The number of hydrogen-bond acceptors (Lipinski definition) is 5. The number of aliphatic hydroxyl groups excluding tert-OH is 2. The first-order chi connectivity index (χ1) is 25.5. The van der Waals surface area contributed by atoms with E-state index in [2.05, 4.69) is 27.7 Å². The van der Waals surface area contributed by atoms with Crippen LogP contribution in [0, 0.1) is 11.8 Å². The first-order valence-corrected chi connectivity index (χ1v) is 23.6. The minimum Gasteiger partial charge on any atom is -0.431 e. The predicted octanol–water partition coefficient (Wildman–Crippen LogP) is 15.2. The van der Waals surface area contributed by atoms with Crippen molar-refractivity contribution in [2.75, 3.05) is 13.2 Å². The van der Waals surface area contributed by atoms with E-state index >= 15 is 0 Å². The molecule has 0 aromatic carbocycles. The van der Waals surface area contributed by atoms with Gasteiger partial charge in [-0.2, -0.15) is 0 Å². The Kier molecular flexibility index (Phi) is 40.7. The molecule has 0 aliphatic heterocycles. The Morgan fingerprint density at radius 1 is 0.365 bits per heavy atom. The van der Waals surface area contributed by atoms with E-state index in [0.717, 1.165) is 51.4 Å². The standard InChI is InChI=1S/C47H94O5/c1-5-9-13-17-21-25-33-43(34-26-22-18-14-10-6-2)41-45(37-29-31-39-48)51-47(50)52-46(38-30-32-40-49)42-44(35-27-23-19-15-11-7-3)36-28-24-20-16-12-8-4/h43-46,48-49H,5-42H2,1-4H3. The molecule has 0 bridgehead atoms. The number of unbranched alkanes of at least 4 members (excludes halogenated alkanes) is 22. The van der Waals surface area contributed by atoms with Gasteiger partial charge in [0.15, 0.2) is 0 Å². The summed E-state index contributed by atoms with van der Waals surface area (Å²) in [6.45, 7) is 9.48. The van der Waals surface area contributed by atoms with Crippen LogP contribution >= 0.6 is 0 Å². The van der Waals surface area contributed by atoms with E-state index in [9.17, 15) is 15.0 Å². The van der Waals surface area contributed by atoms with Crippen LogP contribution in [0.1, 0.15) is 259 Å². The lowest BCUT2D eigenvalue weighted by molar-refractivity contribution is -0.0202. The monoisotopic (exact) mass is 739 g/mol. The van der Waals surface area contributed by atoms with Gasteiger partial charge in [0, 0.05) is 13.2 Å². The fraction of sp³-hybridized carbons (Fsp3) is 0.979. The molecule has 0 saturated carbocycles. The maximum Gasteiger partial charge on any atom is 0.508 e. The summed E-state index contributed by atoms with van der Waals surface area (Å²) in [4.78, 5) is 13.6. The predicted molar refractivity (Wildman–Crippen MR) is 225 cm³/mol. The first-order valence-electron chi connectivity index (χ1n) is 23.6. The van der Waals surface area contributed by atoms with Crippen LogP contribution in [0.5, 0.6) is 0 Å². The number of hydrogen-bond donors (Lipinski definition) is 2. The second kappa shape index (κ2) is 41.4. The Labute approximate surface area is 326 Å². The highest BCUT2D eigenvalue weighted by atomic mass is 16.7. The molecule has 5 heteroatoms. The van der Waals surface area contributed by atoms with E-state index in [4.69, 9.17) is 9.47 Å². The zero-order valence-electron chi connectivity index (χ0n) is 35.8. The number of ether oxygens (including phenoxy) is 2. The number of rotatable bonds is 42. The van der Waals surface area contributed by atoms with E-state index in [-0.39, 0.29) is 25.4 Å². The summed E-state index contributed by atoms with van der Waals surface area (Å²) in [5.74, 6) is 1.15. The van der Waals surface area contributed by atoms with Gasteiger partial charge in [0.05, 0.1) is 0 Å². The molecule has 0 heterocycles. The molecule has 0 aliphatic rings. The Hall–Kier alpha value is -0.810. The molecule has 52 heavy (non-hydrogen) atoms. The summed E-state index contributed by atoms with van der Waals surface area (Å²) < 4.78 is 12.5. The van der Waals surface area contributed by atoms with Gasteiger partial charge in [-0.15, -0.1) is 0 Å². The Bertz CT molecular complexity index is 611. The maximum atomic E-state index is 13.6. The van der Waals surface area contributed by atoms with Gasteiger partial charge >= 0.3 is 6.16 Å². The lowest BCUT2D eigenvalue weighted by Crippen LogP contribution is -2.27. The molecular formula is C47H94O5. The van der Waals surface area contributed by atoms with Gasteiger partial charge in [0.25, 0.3) is 0 Å². The highest BCUT2D eigenvalue weighted by Crippen LogP contribution is 2.29. The van der Waals surface area contributed by atoms with E-state index in [0.29, 0.717) is 11.8 Å². The van der Waals surface area contributed by atoms with Gasteiger partial charge in [0.2, 0.25) is 0 Å². The Morgan fingerprint density at radius 3 is 0.885 bits per heavy atom. The minimum atomic E-state index is -0.487. The van der Waals surface area contributed by atoms with Crippen molar-refractivity contribution in [3.63, 3.8) is 0 Å². The molecule has 0 rings (SSSR count). The first kappa shape index (κ1) is 51.2. The minimum absolute atomic E-state index is 0.149. The van der Waals surface area contributed by atoms with Crippen LogP contribution in [0.15, 0.2) is 0 Å². The van der Waals surface area contributed by atoms with Gasteiger partial charge in [-0.25, -0.2) is 4.79 Å². The molecule has 2 N–H and O–H groups in total. The quantitative estimate of drug-likeness (QED) is 0.0482. The smallest absolute Gasteiger partial charge is 0.431 e. The Balaban J connectivity index is 5.53. The molecule has 2 unspecified atom stereocenters. The lowest BCUT2D eigenvalue weighted by Gasteiger charge is -2.27. The van der Waals surface area contributed by atoms with E-state index in [1.807, 2.05) is 0 Å². The SMILES string of the molecule is CCCCCCCCC(CCCCCCCC)CC(CCCCO)OC(=O)OC(CCCCO)CC(CCCCCCCC)CCCCCCCC. The molecule has 0 spiro atoms. The molecule has 5 nitrogen and oxygen atoms in total. The van der Waals surface area contributed by atoms with Crippen LogP contribution in [0.4, 0.5) is 4.79 Å². The zero-order chi connectivity index (χ0) is 38.2. The van der Waals surface area contributed by atoms with Gasteiger partial charge in [0.1, 0.15) is 12.2 Å². The maximum absolute atomic E-state index is 13.6. The summed E-state index contributed by atoms with van der Waals surface area (Å²) in [6, 6.07) is 0. The molecular weight excluding hydrogens is 645 g/mol. The number of carbonyl (C=O) groups is 1. The van der Waals surface area contributed by atoms with Crippen LogP contribution in [0.3, 0.4) is 0 Å².